The fourth-order valence-corrected chi connectivity index (χ4v) is 2.81. The van der Waals surface area contributed by atoms with Crippen molar-refractivity contribution in [2.45, 2.75) is 26.3 Å². The van der Waals surface area contributed by atoms with Gasteiger partial charge in [-0.25, -0.2) is 0 Å². The fourth-order valence-electron chi connectivity index (χ4n) is 2.26. The van der Waals surface area contributed by atoms with E-state index in [-0.39, 0.29) is 6.04 Å². The molecule has 0 radical (unpaired) electrons. The van der Waals surface area contributed by atoms with Gasteiger partial charge in [-0.05, 0) is 54.8 Å². The van der Waals surface area contributed by atoms with Crippen LogP contribution >= 0.6 is 39.1 Å². The molecule has 112 valence electrons. The van der Waals surface area contributed by atoms with Crippen molar-refractivity contribution in [2.75, 3.05) is 6.54 Å². The van der Waals surface area contributed by atoms with Crippen molar-refractivity contribution in [3.05, 3.63) is 67.6 Å². The number of hydrogen-bond acceptors (Lipinski definition) is 1. The lowest BCUT2D eigenvalue weighted by Crippen LogP contribution is -2.23. The average molecular weight is 387 g/mol. The molecule has 1 N–H and O–H groups in total. The number of hydrogen-bond donors (Lipinski definition) is 1. The van der Waals surface area contributed by atoms with Gasteiger partial charge in [0.15, 0.2) is 0 Å². The van der Waals surface area contributed by atoms with Crippen molar-refractivity contribution in [3.63, 3.8) is 0 Å². The van der Waals surface area contributed by atoms with Gasteiger partial charge in [0.05, 0.1) is 16.1 Å². The van der Waals surface area contributed by atoms with Crippen molar-refractivity contribution >= 4 is 39.1 Å². The third-order valence-corrected chi connectivity index (χ3v) is 5.02. The van der Waals surface area contributed by atoms with Gasteiger partial charge in [-0.2, -0.15) is 0 Å². The number of rotatable bonds is 5. The van der Waals surface area contributed by atoms with E-state index in [2.05, 4.69) is 53.3 Å². The Balaban J connectivity index is 2.41. The minimum absolute atomic E-state index is 0.117. The molecule has 1 atom stereocenters. The molecule has 0 aliphatic heterocycles. The summed E-state index contributed by atoms with van der Waals surface area (Å²) in [6.07, 6.45) is 1.08. The van der Waals surface area contributed by atoms with E-state index in [9.17, 15) is 0 Å². The number of benzene rings is 2. The molecule has 0 fully saturated rings. The average Bonchev–Trinajstić information content (AvgIpc) is 2.46. The van der Waals surface area contributed by atoms with Crippen LogP contribution in [0.1, 0.15) is 36.1 Å². The van der Waals surface area contributed by atoms with Crippen LogP contribution in [0.5, 0.6) is 0 Å². The van der Waals surface area contributed by atoms with Gasteiger partial charge in [0.25, 0.3) is 0 Å². The highest BCUT2D eigenvalue weighted by atomic mass is 79.9. The largest absolute Gasteiger partial charge is 0.306 e. The molecule has 2 aromatic rings. The molecule has 0 heterocycles. The Morgan fingerprint density at radius 3 is 2.33 bits per heavy atom. The van der Waals surface area contributed by atoms with Gasteiger partial charge < -0.3 is 5.32 Å². The second-order valence-corrected chi connectivity index (χ2v) is 6.74. The normalized spacial score (nSPS) is 12.4. The molecule has 0 saturated carbocycles. The Hall–Kier alpha value is -0.540. The van der Waals surface area contributed by atoms with E-state index >= 15 is 0 Å². The van der Waals surface area contributed by atoms with Crippen LogP contribution in [-0.2, 0) is 0 Å². The van der Waals surface area contributed by atoms with E-state index in [4.69, 9.17) is 23.2 Å². The van der Waals surface area contributed by atoms with Crippen molar-refractivity contribution in [2.24, 2.45) is 0 Å². The van der Waals surface area contributed by atoms with Gasteiger partial charge in [0.1, 0.15) is 0 Å². The highest BCUT2D eigenvalue weighted by Gasteiger charge is 2.15. The minimum atomic E-state index is 0.117. The van der Waals surface area contributed by atoms with Crippen LogP contribution in [-0.4, -0.2) is 6.54 Å². The molecule has 0 amide bonds. The zero-order valence-corrected chi connectivity index (χ0v) is 15.2. The van der Waals surface area contributed by atoms with Gasteiger partial charge >= 0.3 is 0 Å². The first-order valence-electron chi connectivity index (χ1n) is 6.97. The maximum Gasteiger partial charge on any atom is 0.0595 e. The van der Waals surface area contributed by atoms with Crippen LogP contribution < -0.4 is 5.32 Å². The number of nitrogens with one attached hydrogen (secondary N) is 1. The minimum Gasteiger partial charge on any atom is -0.306 e. The summed E-state index contributed by atoms with van der Waals surface area (Å²) in [7, 11) is 0. The molecule has 0 bridgehead atoms. The molecule has 0 aromatic heterocycles. The van der Waals surface area contributed by atoms with Crippen molar-refractivity contribution in [1.82, 2.24) is 5.32 Å². The summed E-state index contributed by atoms with van der Waals surface area (Å²) in [6.45, 7) is 5.20. The van der Waals surface area contributed by atoms with E-state index in [1.54, 1.807) is 0 Å². The smallest absolute Gasteiger partial charge is 0.0595 e. The first-order valence-corrected chi connectivity index (χ1v) is 8.52. The summed E-state index contributed by atoms with van der Waals surface area (Å²) >= 11 is 15.7. The van der Waals surface area contributed by atoms with E-state index in [0.717, 1.165) is 23.0 Å². The highest BCUT2D eigenvalue weighted by Crippen LogP contribution is 2.30. The summed E-state index contributed by atoms with van der Waals surface area (Å²) in [4.78, 5) is 0. The molecule has 0 spiro atoms. The predicted octanol–water partition coefficient (Wildman–Crippen LogP) is 6.15. The maximum atomic E-state index is 6.17. The highest BCUT2D eigenvalue weighted by molar-refractivity contribution is 9.10. The van der Waals surface area contributed by atoms with Crippen LogP contribution in [0.2, 0.25) is 10.0 Å². The van der Waals surface area contributed by atoms with E-state index < -0.39 is 0 Å². The summed E-state index contributed by atoms with van der Waals surface area (Å²) in [5.74, 6) is 0. The monoisotopic (exact) mass is 385 g/mol. The van der Waals surface area contributed by atoms with Gasteiger partial charge in [0.2, 0.25) is 0 Å². The Morgan fingerprint density at radius 2 is 1.71 bits per heavy atom. The molecule has 2 aromatic carbocycles. The number of halogens is 3. The third-order valence-electron chi connectivity index (χ3n) is 3.39. The molecule has 1 unspecified atom stereocenters. The van der Waals surface area contributed by atoms with Crippen LogP contribution in [0.3, 0.4) is 0 Å². The molecule has 0 saturated heterocycles. The quantitative estimate of drug-likeness (QED) is 0.649. The van der Waals surface area contributed by atoms with Crippen molar-refractivity contribution in [3.8, 4) is 0 Å². The summed E-state index contributed by atoms with van der Waals surface area (Å²) in [6, 6.07) is 12.3. The van der Waals surface area contributed by atoms with Gasteiger partial charge in [-0.1, -0.05) is 64.3 Å². The molecule has 1 nitrogen and oxygen atoms in total. The fraction of sp³-hybridized carbons (Fsp3) is 0.294. The molecular formula is C17H18BrCl2N. The van der Waals surface area contributed by atoms with Gasteiger partial charge in [-0.15, -0.1) is 0 Å². The maximum absolute atomic E-state index is 6.17. The van der Waals surface area contributed by atoms with E-state index in [1.807, 2.05) is 18.2 Å². The predicted molar refractivity (Wildman–Crippen MR) is 95.5 cm³/mol. The zero-order valence-electron chi connectivity index (χ0n) is 12.1. The molecule has 2 rings (SSSR count). The zero-order chi connectivity index (χ0) is 15.4. The molecule has 21 heavy (non-hydrogen) atoms. The lowest BCUT2D eigenvalue weighted by atomic mass is 9.97. The topological polar surface area (TPSA) is 12.0 Å². The standard InChI is InChI=1S/C17H18BrCl2N/c1-3-8-21-17(12-4-6-14(18)11(2)9-12)13-5-7-15(19)16(20)10-13/h4-7,9-10,17,21H,3,8H2,1-2H3. The molecule has 0 aliphatic rings. The van der Waals surface area contributed by atoms with Crippen LogP contribution in [0, 0.1) is 6.92 Å². The first kappa shape index (κ1) is 16.8. The second kappa shape index (κ2) is 7.64. The van der Waals surface area contributed by atoms with Crippen molar-refractivity contribution in [1.29, 1.82) is 0 Å². The Kier molecular flexibility index (Phi) is 6.12. The lowest BCUT2D eigenvalue weighted by Gasteiger charge is -2.21. The molecule has 4 heteroatoms. The van der Waals surface area contributed by atoms with Crippen LogP contribution in [0.4, 0.5) is 0 Å². The summed E-state index contributed by atoms with van der Waals surface area (Å²) in [5, 5.41) is 4.75. The Morgan fingerprint density at radius 1 is 1.05 bits per heavy atom. The first-order chi connectivity index (χ1) is 10.0. The SMILES string of the molecule is CCCNC(c1ccc(Br)c(C)c1)c1ccc(Cl)c(Cl)c1. The molecular weight excluding hydrogens is 369 g/mol. The lowest BCUT2D eigenvalue weighted by molar-refractivity contribution is 0.598. The van der Waals surface area contributed by atoms with E-state index in [0.29, 0.717) is 10.0 Å². The summed E-state index contributed by atoms with van der Waals surface area (Å²) in [5.41, 5.74) is 3.57. The third kappa shape index (κ3) is 4.23. The van der Waals surface area contributed by atoms with Crippen molar-refractivity contribution < 1.29 is 0 Å². The summed E-state index contributed by atoms with van der Waals surface area (Å²) < 4.78 is 1.12. The second-order valence-electron chi connectivity index (χ2n) is 5.07. The van der Waals surface area contributed by atoms with Gasteiger partial charge in [0, 0.05) is 4.47 Å². The van der Waals surface area contributed by atoms with E-state index in [1.165, 1.54) is 11.1 Å². The van der Waals surface area contributed by atoms with Crippen LogP contribution in [0.15, 0.2) is 40.9 Å². The Labute approximate surface area is 144 Å². The Bertz CT molecular complexity index is 577. The van der Waals surface area contributed by atoms with Gasteiger partial charge in [-0.3, -0.25) is 0 Å². The number of aryl methyl sites for hydroxylation is 1. The molecule has 0 aliphatic carbocycles. The van der Waals surface area contributed by atoms with Crippen LogP contribution in [0.25, 0.3) is 0 Å².